The number of carbonyl (C=O) groups is 5. The van der Waals surface area contributed by atoms with Crippen LogP contribution in [0, 0.1) is 35.5 Å². The number of piperidine rings is 1. The Balaban J connectivity index is 1.73. The number of hydrogen-bond donors (Lipinski definition) is 3. The molecule has 3 heterocycles. The van der Waals surface area contributed by atoms with Crippen LogP contribution >= 0.6 is 0 Å². The Morgan fingerprint density at radius 3 is 2.34 bits per heavy atom. The maximum atomic E-state index is 14.5. The molecule has 1 amide bonds. The van der Waals surface area contributed by atoms with Crippen molar-refractivity contribution in [1.29, 1.82) is 0 Å². The lowest BCUT2D eigenvalue weighted by molar-refractivity contribution is -0.265. The van der Waals surface area contributed by atoms with Gasteiger partial charge in [0.2, 0.25) is 5.79 Å². The first-order valence-corrected chi connectivity index (χ1v) is 24.8. The summed E-state index contributed by atoms with van der Waals surface area (Å²) in [4.78, 5) is 72.3. The van der Waals surface area contributed by atoms with Crippen LogP contribution in [-0.4, -0.2) is 145 Å². The van der Waals surface area contributed by atoms with E-state index in [2.05, 4.69) is 0 Å². The lowest BCUT2D eigenvalue weighted by atomic mass is 9.78. The van der Waals surface area contributed by atoms with Crippen LogP contribution in [0.3, 0.4) is 0 Å². The van der Waals surface area contributed by atoms with E-state index in [0.717, 1.165) is 11.3 Å². The highest BCUT2D eigenvalue weighted by Crippen LogP contribution is 2.38. The van der Waals surface area contributed by atoms with Gasteiger partial charge < -0.3 is 48.6 Å². The van der Waals surface area contributed by atoms with E-state index in [-0.39, 0.29) is 87.0 Å². The molecule has 1 saturated carbocycles. The molecule has 3 fully saturated rings. The summed E-state index contributed by atoms with van der Waals surface area (Å²) in [6, 6.07) is -1.22. The first kappa shape index (κ1) is 52.4. The van der Waals surface area contributed by atoms with Crippen molar-refractivity contribution in [2.75, 3.05) is 41.0 Å². The standard InChI is InChI=1S/C53H83NO14/c1-32-16-12-11-13-17-33(2)44(63-8)30-40-21-19-38(7)53(62,68-40)50(59)51(60)54-23-15-14-18-41(54)52(61)67-45(35(4)28-39-20-22-43(66-25-24-55)46(29-39)64-9)31-42(56)34(3)27-37(6)48(58)49(65-10)47(57)36(5)26-32/h11-13,16-17,27,32,34-36,38-41,43-46,48-49,55,58,62H,14-15,18-26,28-31H2,1-10H3/b13-11?,16-12+,33-17?,37-27+/t32-,34-,35-,36-,38-,39+,40+,41+,43-,44+,45+,46-,48-,49+,53-/m1/s1/i8D3. The monoisotopic (exact) mass is 961 g/mol. The summed E-state index contributed by atoms with van der Waals surface area (Å²) in [6.07, 6.45) is 9.12. The smallest absolute Gasteiger partial charge is 0.329 e. The average molecular weight is 961 g/mol. The zero-order valence-corrected chi connectivity index (χ0v) is 41.9. The molecule has 4 aliphatic rings. The number of cyclic esters (lactones) is 1. The third-order valence-electron chi connectivity index (χ3n) is 14.7. The molecule has 15 nitrogen and oxygen atoms in total. The van der Waals surface area contributed by atoms with Crippen LogP contribution in [0.4, 0.5) is 0 Å². The number of carbonyl (C=O) groups excluding carboxylic acids is 5. The molecule has 0 radical (unpaired) electrons. The minimum absolute atomic E-state index is 0.0185. The molecule has 15 heteroatoms. The Morgan fingerprint density at radius 1 is 0.897 bits per heavy atom. The van der Waals surface area contributed by atoms with E-state index in [1.165, 1.54) is 7.11 Å². The Hall–Kier alpha value is -3.41. The summed E-state index contributed by atoms with van der Waals surface area (Å²) in [5.74, 6) is -8.83. The number of hydrogen-bond acceptors (Lipinski definition) is 14. The second kappa shape index (κ2) is 27.3. The number of amides is 1. The fraction of sp³-hybridized carbons (Fsp3) is 0.755. The molecule has 1 aliphatic carbocycles. The molecule has 2 bridgehead atoms. The molecule has 3 aliphatic heterocycles. The highest BCUT2D eigenvalue weighted by Gasteiger charge is 2.53. The first-order chi connectivity index (χ1) is 33.4. The molecule has 0 unspecified atom stereocenters. The van der Waals surface area contributed by atoms with Crippen molar-refractivity contribution >= 4 is 29.2 Å². The van der Waals surface area contributed by atoms with E-state index in [0.29, 0.717) is 56.1 Å². The van der Waals surface area contributed by atoms with Crippen molar-refractivity contribution in [3.05, 3.63) is 47.6 Å². The summed E-state index contributed by atoms with van der Waals surface area (Å²) >= 11 is 0. The molecule has 4 rings (SSSR count). The normalized spacial score (nSPS) is 38.8. The maximum Gasteiger partial charge on any atom is 0.329 e. The highest BCUT2D eigenvalue weighted by molar-refractivity contribution is 6.39. The number of esters is 1. The van der Waals surface area contributed by atoms with E-state index in [9.17, 15) is 39.3 Å². The summed E-state index contributed by atoms with van der Waals surface area (Å²) in [6.45, 7) is 12.3. The second-order valence-corrected chi connectivity index (χ2v) is 20.0. The van der Waals surface area contributed by atoms with E-state index in [1.54, 1.807) is 72.1 Å². The summed E-state index contributed by atoms with van der Waals surface area (Å²) in [5.41, 5.74) is 0.880. The summed E-state index contributed by atoms with van der Waals surface area (Å²) in [5, 5.41) is 32.9. The lowest BCUT2D eigenvalue weighted by Gasteiger charge is -2.42. The minimum atomic E-state index is -2.80. The van der Waals surface area contributed by atoms with Crippen molar-refractivity contribution in [3.63, 3.8) is 0 Å². The Labute approximate surface area is 409 Å². The van der Waals surface area contributed by atoms with Crippen molar-refractivity contribution in [2.24, 2.45) is 35.5 Å². The van der Waals surface area contributed by atoms with Crippen LogP contribution < -0.4 is 0 Å². The van der Waals surface area contributed by atoms with Crippen LogP contribution in [0.1, 0.15) is 130 Å². The Bertz CT molecular complexity index is 1920. The number of rotatable bonds is 9. The lowest BCUT2D eigenvalue weighted by Crippen LogP contribution is -2.61. The molecule has 0 spiro atoms. The molecule has 0 aromatic rings. The van der Waals surface area contributed by atoms with Crippen LogP contribution in [0.25, 0.3) is 0 Å². The molecular weight excluding hydrogens is 875 g/mol. The van der Waals surface area contributed by atoms with Gasteiger partial charge in [-0.1, -0.05) is 71.1 Å². The number of methoxy groups -OCH3 is 3. The number of aliphatic hydroxyl groups is 3. The minimum Gasteiger partial charge on any atom is -0.460 e. The number of Topliss-reactive ketones (excluding diaryl/α,β-unsaturated/α-hetero) is 3. The zero-order chi connectivity index (χ0) is 52.8. The van der Waals surface area contributed by atoms with E-state index in [4.69, 9.17) is 32.5 Å². The summed E-state index contributed by atoms with van der Waals surface area (Å²) in [7, 11) is 0.161. The Kier molecular flexibility index (Phi) is 21.0. The van der Waals surface area contributed by atoms with Gasteiger partial charge in [-0.05, 0) is 107 Å². The van der Waals surface area contributed by atoms with Gasteiger partial charge in [-0.3, -0.25) is 19.2 Å². The third kappa shape index (κ3) is 15.3. The number of aliphatic hydroxyl groups excluding tert-OH is 2. The van der Waals surface area contributed by atoms with Crippen LogP contribution in [0.5, 0.6) is 0 Å². The summed E-state index contributed by atoms with van der Waals surface area (Å²) < 4.78 is 58.8. The average Bonchev–Trinajstić information content (AvgIpc) is 3.32. The number of ketones is 3. The molecule has 0 aromatic heterocycles. The number of ether oxygens (including phenoxy) is 6. The number of allylic oxidation sites excluding steroid dienone is 6. The fourth-order valence-corrected chi connectivity index (χ4v) is 10.4. The van der Waals surface area contributed by atoms with Crippen LogP contribution in [0.15, 0.2) is 47.6 Å². The quantitative estimate of drug-likeness (QED) is 0.134. The van der Waals surface area contributed by atoms with Gasteiger partial charge in [-0.15, -0.1) is 0 Å². The van der Waals surface area contributed by atoms with Crippen molar-refractivity contribution < 1.29 is 71.8 Å². The van der Waals surface area contributed by atoms with Crippen molar-refractivity contribution in [2.45, 2.75) is 180 Å². The van der Waals surface area contributed by atoms with Gasteiger partial charge in [0.25, 0.3) is 11.7 Å². The van der Waals surface area contributed by atoms with Crippen LogP contribution in [-0.2, 0) is 52.4 Å². The van der Waals surface area contributed by atoms with Gasteiger partial charge in [0.1, 0.15) is 30.1 Å². The van der Waals surface area contributed by atoms with E-state index >= 15 is 0 Å². The molecular formula is C53H83NO14. The van der Waals surface area contributed by atoms with E-state index < -0.39 is 84.8 Å². The van der Waals surface area contributed by atoms with Crippen molar-refractivity contribution in [1.82, 2.24) is 4.90 Å². The highest BCUT2D eigenvalue weighted by atomic mass is 16.6. The molecule has 0 aromatic carbocycles. The molecule has 384 valence electrons. The van der Waals surface area contributed by atoms with E-state index in [1.807, 2.05) is 19.9 Å². The molecule has 3 N–H and O–H groups in total. The van der Waals surface area contributed by atoms with Gasteiger partial charge in [-0.25, -0.2) is 4.79 Å². The van der Waals surface area contributed by atoms with Gasteiger partial charge in [0, 0.05) is 58.4 Å². The van der Waals surface area contributed by atoms with Crippen molar-refractivity contribution in [3.8, 4) is 0 Å². The zero-order valence-electron chi connectivity index (χ0n) is 44.9. The SMILES string of the molecule is [2H]C([2H])([2H])O[C@H]1C[C@@H]2CC[C@@H](C)[C@@](O)(O2)C(=O)C(=O)N2CCCC[C@H]2C(=O)O[C@H]([C@H](C)C[C@@H]2CC[C@@H](OCCO)[C@H](OC)C2)CC(=O)[C@H](C)/C=C(\C)[C@@H](O)[C@@H](OC)C(=O)[C@H](C)C[C@H](C)/C=C/C=CC=C1C. The topological polar surface area (TPSA) is 205 Å². The second-order valence-electron chi connectivity index (χ2n) is 20.0. The maximum absolute atomic E-state index is 14.5. The number of nitrogens with zero attached hydrogens (tertiary/aromatic N) is 1. The van der Waals surface area contributed by atoms with Crippen LogP contribution in [0.2, 0.25) is 0 Å². The molecule has 2 saturated heterocycles. The first-order valence-electron chi connectivity index (χ1n) is 26.3. The third-order valence-corrected chi connectivity index (χ3v) is 14.7. The predicted octanol–water partition coefficient (Wildman–Crippen LogP) is 6.20. The molecule has 15 atom stereocenters. The predicted molar refractivity (Wildman–Crippen MR) is 256 cm³/mol. The molecule has 68 heavy (non-hydrogen) atoms. The fourth-order valence-electron chi connectivity index (χ4n) is 10.4. The Morgan fingerprint density at radius 2 is 1.65 bits per heavy atom. The largest absolute Gasteiger partial charge is 0.460 e. The number of fused-ring (bicyclic) bond motifs is 3. The van der Waals surface area contributed by atoms with Gasteiger partial charge in [-0.2, -0.15) is 0 Å². The van der Waals surface area contributed by atoms with Gasteiger partial charge in [0.05, 0.1) is 41.7 Å². The van der Waals surface area contributed by atoms with Gasteiger partial charge in [0.15, 0.2) is 5.78 Å². The van der Waals surface area contributed by atoms with Gasteiger partial charge >= 0.3 is 5.97 Å².